The van der Waals surface area contributed by atoms with Crippen LogP contribution in [0.15, 0.2) is 18.2 Å². The third kappa shape index (κ3) is 2.32. The number of phenols is 1. The Labute approximate surface area is 149 Å². The predicted molar refractivity (Wildman–Crippen MR) is 93.9 cm³/mol. The first-order valence-corrected chi connectivity index (χ1v) is 9.54. The van der Waals surface area contributed by atoms with Crippen molar-refractivity contribution < 1.29 is 24.4 Å². The Hall–Kier alpha value is -1.59. The lowest BCUT2D eigenvalue weighted by atomic mass is 9.59. The lowest BCUT2D eigenvalue weighted by molar-refractivity contribution is -1.18. The van der Waals surface area contributed by atoms with Crippen molar-refractivity contribution in [3.63, 3.8) is 0 Å². The number of piperidine rings is 2. The normalized spacial score (nSPS) is 39.0. The number of benzene rings is 1. The number of ether oxygens (including phenoxy) is 1. The summed E-state index contributed by atoms with van der Waals surface area (Å²) in [6, 6.07) is 5.78. The van der Waals surface area contributed by atoms with Crippen molar-refractivity contribution in [3.8, 4) is 11.5 Å². The summed E-state index contributed by atoms with van der Waals surface area (Å²) >= 11 is 0. The molecule has 25 heavy (non-hydrogen) atoms. The van der Waals surface area contributed by atoms with Crippen molar-refractivity contribution in [2.24, 2.45) is 10.8 Å². The summed E-state index contributed by atoms with van der Waals surface area (Å²) in [4.78, 5) is 16.1. The fraction of sp³-hybridized carbons (Fsp3) is 0.650. The maximum atomic E-state index is 13.2. The van der Waals surface area contributed by atoms with Gasteiger partial charge in [-0.3, -0.25) is 14.6 Å². The minimum absolute atomic E-state index is 0.156. The first kappa shape index (κ1) is 16.9. The van der Waals surface area contributed by atoms with Crippen LogP contribution in [0.2, 0.25) is 0 Å². The van der Waals surface area contributed by atoms with Crippen LogP contribution in [0.5, 0.6) is 11.5 Å². The second-order valence-corrected chi connectivity index (χ2v) is 8.63. The fourth-order valence-corrected chi connectivity index (χ4v) is 5.96. The van der Waals surface area contributed by atoms with Gasteiger partial charge in [0.25, 0.3) is 0 Å². The van der Waals surface area contributed by atoms with Crippen LogP contribution < -0.4 is 14.5 Å². The number of carbonyl (C=O) groups is 1. The number of hydrogen-bond acceptors (Lipinski definition) is 3. The summed E-state index contributed by atoms with van der Waals surface area (Å²) in [5.74, 6) is 1.31. The van der Waals surface area contributed by atoms with Gasteiger partial charge in [0.1, 0.15) is 42.6 Å². The van der Waals surface area contributed by atoms with Gasteiger partial charge in [-0.2, -0.15) is 0 Å². The number of ketones is 1. The topological polar surface area (TPSA) is 55.4 Å². The molecule has 4 bridgehead atoms. The Morgan fingerprint density at radius 3 is 2.52 bits per heavy atom. The molecular weight excluding hydrogens is 316 g/mol. The number of aromatic hydroxyl groups is 1. The van der Waals surface area contributed by atoms with Gasteiger partial charge in [0, 0.05) is 0 Å². The van der Waals surface area contributed by atoms with Crippen molar-refractivity contribution in [1.29, 1.82) is 0 Å². The number of rotatable bonds is 5. The standard InChI is InChI=1S/C20H28N2O3/c1-4-5-9-20-12-21-10-19(2,18(20)24)11-22(13-20)17(21)14-7-6-8-15(25-3)16(14)23/h6-8,17,23H,4-5,9-13H2,1-3H3/p+2. The van der Waals surface area contributed by atoms with E-state index in [1.54, 1.807) is 13.2 Å². The van der Waals surface area contributed by atoms with Crippen LogP contribution in [-0.2, 0) is 4.79 Å². The zero-order valence-corrected chi connectivity index (χ0v) is 15.5. The molecular formula is C20H30N2O3+2. The predicted octanol–water partition coefficient (Wildman–Crippen LogP) is -0.0380. The highest BCUT2D eigenvalue weighted by molar-refractivity contribution is 5.91. The first-order chi connectivity index (χ1) is 11.9. The molecule has 2 atom stereocenters. The van der Waals surface area contributed by atoms with Gasteiger partial charge in [-0.05, 0) is 25.5 Å². The lowest BCUT2D eigenvalue weighted by Crippen LogP contribution is -3.41. The molecule has 0 radical (unpaired) electrons. The Bertz CT molecular complexity index is 686. The monoisotopic (exact) mass is 346 g/mol. The molecule has 5 heteroatoms. The van der Waals surface area contributed by atoms with Crippen LogP contribution >= 0.6 is 0 Å². The number of methoxy groups -OCH3 is 1. The van der Waals surface area contributed by atoms with Gasteiger partial charge in [0.2, 0.25) is 6.17 Å². The number of nitrogens with one attached hydrogen (secondary N) is 2. The minimum atomic E-state index is -0.208. The molecule has 5 nitrogen and oxygen atoms in total. The number of unbranched alkanes of at least 4 members (excludes halogenated alkanes) is 1. The molecule has 4 heterocycles. The van der Waals surface area contributed by atoms with Gasteiger partial charge in [-0.25, -0.2) is 0 Å². The van der Waals surface area contributed by atoms with Crippen LogP contribution in [0.1, 0.15) is 44.8 Å². The molecule has 0 saturated carbocycles. The van der Waals surface area contributed by atoms with E-state index in [2.05, 4.69) is 13.8 Å². The first-order valence-electron chi connectivity index (χ1n) is 9.54. The molecule has 1 aromatic rings. The van der Waals surface area contributed by atoms with Gasteiger partial charge < -0.3 is 9.84 Å². The summed E-state index contributed by atoms with van der Waals surface area (Å²) in [6.07, 6.45) is 3.47. The molecule has 3 N–H and O–H groups in total. The van der Waals surface area contributed by atoms with E-state index in [-0.39, 0.29) is 22.7 Å². The summed E-state index contributed by atoms with van der Waals surface area (Å²) in [6.45, 7) is 7.94. The Kier molecular flexibility index (Phi) is 3.85. The van der Waals surface area contributed by atoms with E-state index in [4.69, 9.17) is 4.74 Å². The van der Waals surface area contributed by atoms with E-state index in [1.807, 2.05) is 12.1 Å². The summed E-state index contributed by atoms with van der Waals surface area (Å²) in [5, 5.41) is 10.7. The molecule has 4 saturated heterocycles. The number of carbonyl (C=O) groups excluding carboxylic acids is 1. The van der Waals surface area contributed by atoms with E-state index in [1.165, 1.54) is 9.80 Å². The second kappa shape index (κ2) is 5.71. The molecule has 0 aliphatic carbocycles. The van der Waals surface area contributed by atoms with Crippen LogP contribution in [0, 0.1) is 10.8 Å². The third-order valence-corrected chi connectivity index (χ3v) is 6.78. The quantitative estimate of drug-likeness (QED) is 0.701. The maximum absolute atomic E-state index is 13.2. The highest BCUT2D eigenvalue weighted by Crippen LogP contribution is 2.41. The van der Waals surface area contributed by atoms with E-state index in [0.717, 1.165) is 51.0 Å². The minimum Gasteiger partial charge on any atom is -0.504 e. The van der Waals surface area contributed by atoms with E-state index >= 15 is 0 Å². The lowest BCUT2D eigenvalue weighted by Gasteiger charge is -2.59. The van der Waals surface area contributed by atoms with Crippen LogP contribution in [0.25, 0.3) is 0 Å². The Morgan fingerprint density at radius 2 is 1.92 bits per heavy atom. The highest BCUT2D eigenvalue weighted by atomic mass is 16.5. The van der Waals surface area contributed by atoms with Crippen molar-refractivity contribution in [1.82, 2.24) is 0 Å². The van der Waals surface area contributed by atoms with Gasteiger partial charge in [-0.1, -0.05) is 25.8 Å². The van der Waals surface area contributed by atoms with Crippen LogP contribution in [0.3, 0.4) is 0 Å². The summed E-state index contributed by atoms with van der Waals surface area (Å²) in [5.41, 5.74) is 0.599. The van der Waals surface area contributed by atoms with Gasteiger partial charge in [0.05, 0.1) is 7.11 Å². The van der Waals surface area contributed by atoms with Crippen molar-refractivity contribution >= 4 is 5.78 Å². The second-order valence-electron chi connectivity index (χ2n) is 8.63. The molecule has 1 aromatic carbocycles. The van der Waals surface area contributed by atoms with Crippen LogP contribution in [0.4, 0.5) is 0 Å². The molecule has 0 aromatic heterocycles. The largest absolute Gasteiger partial charge is 0.504 e. The SMILES string of the molecule is CCCCC12C[NH+]3CC(C)(C[NH+](C1)C3c1cccc(OC)c1O)C2=O. The van der Waals surface area contributed by atoms with Gasteiger partial charge >= 0.3 is 0 Å². The number of hydrogen-bond donors (Lipinski definition) is 3. The molecule has 4 aliphatic rings. The number of Topliss-reactive ketones (excluding diaryl/α,β-unsaturated/α-hetero) is 1. The van der Waals surface area contributed by atoms with Crippen molar-refractivity contribution in [2.75, 3.05) is 33.3 Å². The van der Waals surface area contributed by atoms with Gasteiger partial charge in [-0.15, -0.1) is 0 Å². The van der Waals surface area contributed by atoms with E-state index in [0.29, 0.717) is 11.5 Å². The van der Waals surface area contributed by atoms with E-state index in [9.17, 15) is 9.90 Å². The number of quaternary nitrogens is 2. The molecule has 4 fully saturated rings. The Morgan fingerprint density at radius 1 is 1.24 bits per heavy atom. The summed E-state index contributed by atoms with van der Waals surface area (Å²) in [7, 11) is 1.59. The van der Waals surface area contributed by atoms with E-state index < -0.39 is 0 Å². The molecule has 5 rings (SSSR count). The van der Waals surface area contributed by atoms with Crippen molar-refractivity contribution in [2.45, 2.75) is 39.3 Å². The fourth-order valence-electron chi connectivity index (χ4n) is 5.96. The number of para-hydroxylation sites is 1. The van der Waals surface area contributed by atoms with Crippen molar-refractivity contribution in [3.05, 3.63) is 23.8 Å². The molecule has 4 aliphatic heterocycles. The molecule has 0 spiro atoms. The van der Waals surface area contributed by atoms with Gasteiger partial charge in [0.15, 0.2) is 17.3 Å². The molecule has 0 amide bonds. The maximum Gasteiger partial charge on any atom is 0.244 e. The average molecular weight is 346 g/mol. The smallest absolute Gasteiger partial charge is 0.244 e. The highest BCUT2D eigenvalue weighted by Gasteiger charge is 2.69. The summed E-state index contributed by atoms with van der Waals surface area (Å²) < 4.78 is 5.32. The van der Waals surface area contributed by atoms with Crippen LogP contribution in [-0.4, -0.2) is 44.2 Å². The number of phenolic OH excluding ortho intramolecular Hbond substituents is 1. The molecule has 136 valence electrons. The third-order valence-electron chi connectivity index (χ3n) is 6.78. The zero-order valence-electron chi connectivity index (χ0n) is 15.5. The zero-order chi connectivity index (χ0) is 17.8. The molecule has 2 unspecified atom stereocenters. The average Bonchev–Trinajstić information content (AvgIpc) is 2.58. The Balaban J connectivity index is 1.72.